The van der Waals surface area contributed by atoms with Gasteiger partial charge in [-0.3, -0.25) is 0 Å². The third-order valence-corrected chi connectivity index (χ3v) is 5.11. The standard InChI is InChI=1S/C19H20N6S/c1-12-13(2)24-25-17(21-9-8-15-11-26-19(20)22-15)10-16(23-18(12)25)14-6-4-3-5-7-14/h3-7,10-11,21H,8-9H2,1-2H3,(H2,20,22). The number of nitrogens with one attached hydrogen (secondary N) is 1. The average Bonchev–Trinajstić information content (AvgIpc) is 3.19. The van der Waals surface area contributed by atoms with Crippen LogP contribution in [0, 0.1) is 13.8 Å². The Morgan fingerprint density at radius 1 is 1.15 bits per heavy atom. The van der Waals surface area contributed by atoms with Crippen LogP contribution in [-0.4, -0.2) is 26.1 Å². The molecule has 1 aromatic carbocycles. The summed E-state index contributed by atoms with van der Waals surface area (Å²) in [4.78, 5) is 9.14. The summed E-state index contributed by atoms with van der Waals surface area (Å²) in [6, 6.07) is 12.2. The zero-order valence-electron chi connectivity index (χ0n) is 14.7. The zero-order chi connectivity index (χ0) is 18.1. The van der Waals surface area contributed by atoms with Crippen molar-refractivity contribution in [3.8, 4) is 11.3 Å². The molecule has 0 saturated heterocycles. The highest BCUT2D eigenvalue weighted by atomic mass is 32.1. The molecule has 0 unspecified atom stereocenters. The highest BCUT2D eigenvalue weighted by Gasteiger charge is 2.13. The molecule has 0 atom stereocenters. The number of aryl methyl sites for hydroxylation is 2. The molecule has 6 nitrogen and oxygen atoms in total. The van der Waals surface area contributed by atoms with Crippen molar-refractivity contribution in [2.24, 2.45) is 0 Å². The van der Waals surface area contributed by atoms with Crippen molar-refractivity contribution in [1.82, 2.24) is 19.6 Å². The van der Waals surface area contributed by atoms with Gasteiger partial charge < -0.3 is 11.1 Å². The minimum Gasteiger partial charge on any atom is -0.375 e. The number of anilines is 2. The molecule has 26 heavy (non-hydrogen) atoms. The Kier molecular flexibility index (Phi) is 4.30. The van der Waals surface area contributed by atoms with Gasteiger partial charge in [0, 0.05) is 35.5 Å². The van der Waals surface area contributed by atoms with Crippen LogP contribution in [0.15, 0.2) is 41.8 Å². The first-order valence-electron chi connectivity index (χ1n) is 8.48. The van der Waals surface area contributed by atoms with Crippen LogP contribution in [0.1, 0.15) is 17.0 Å². The second-order valence-electron chi connectivity index (χ2n) is 6.19. The summed E-state index contributed by atoms with van der Waals surface area (Å²) in [6.07, 6.45) is 0.803. The van der Waals surface area contributed by atoms with Gasteiger partial charge in [-0.25, -0.2) is 9.97 Å². The van der Waals surface area contributed by atoms with E-state index in [1.54, 1.807) is 0 Å². The third-order valence-electron chi connectivity index (χ3n) is 4.38. The van der Waals surface area contributed by atoms with E-state index in [9.17, 15) is 0 Å². The van der Waals surface area contributed by atoms with Crippen LogP contribution in [0.4, 0.5) is 10.9 Å². The van der Waals surface area contributed by atoms with Gasteiger partial charge in [0.2, 0.25) is 0 Å². The van der Waals surface area contributed by atoms with Crippen LogP contribution < -0.4 is 11.1 Å². The molecule has 0 saturated carbocycles. The van der Waals surface area contributed by atoms with Gasteiger partial charge in [0.1, 0.15) is 5.82 Å². The quantitative estimate of drug-likeness (QED) is 0.564. The number of nitrogens with two attached hydrogens (primary N) is 1. The molecule has 3 N–H and O–H groups in total. The van der Waals surface area contributed by atoms with Crippen LogP contribution >= 0.6 is 11.3 Å². The second kappa shape index (κ2) is 6.76. The highest BCUT2D eigenvalue weighted by molar-refractivity contribution is 7.13. The summed E-state index contributed by atoms with van der Waals surface area (Å²) >= 11 is 1.47. The number of aromatic nitrogens is 4. The summed E-state index contributed by atoms with van der Waals surface area (Å²) in [5.74, 6) is 0.924. The Morgan fingerprint density at radius 2 is 1.96 bits per heavy atom. The summed E-state index contributed by atoms with van der Waals surface area (Å²) < 4.78 is 1.88. The van der Waals surface area contributed by atoms with Crippen molar-refractivity contribution < 1.29 is 0 Å². The first kappa shape index (κ1) is 16.5. The number of rotatable bonds is 5. The molecular formula is C19H20N6S. The van der Waals surface area contributed by atoms with Crippen molar-refractivity contribution in [3.63, 3.8) is 0 Å². The van der Waals surface area contributed by atoms with Crippen LogP contribution in [0.25, 0.3) is 16.9 Å². The summed E-state index contributed by atoms with van der Waals surface area (Å²) in [6.45, 7) is 4.81. The molecule has 7 heteroatoms. The van der Waals surface area contributed by atoms with Crippen molar-refractivity contribution in [2.45, 2.75) is 20.3 Å². The smallest absolute Gasteiger partial charge is 0.180 e. The van der Waals surface area contributed by atoms with E-state index in [0.717, 1.165) is 52.6 Å². The fraction of sp³-hybridized carbons (Fsp3) is 0.211. The maximum atomic E-state index is 5.70. The third kappa shape index (κ3) is 3.13. The molecule has 0 amide bonds. The minimum absolute atomic E-state index is 0.607. The number of thiazole rings is 1. The van der Waals surface area contributed by atoms with Crippen molar-refractivity contribution in [1.29, 1.82) is 0 Å². The van der Waals surface area contributed by atoms with Crippen molar-refractivity contribution >= 4 is 27.9 Å². The number of hydrogen-bond acceptors (Lipinski definition) is 6. The van der Waals surface area contributed by atoms with Crippen molar-refractivity contribution in [2.75, 3.05) is 17.6 Å². The number of hydrogen-bond donors (Lipinski definition) is 2. The van der Waals surface area contributed by atoms with Gasteiger partial charge in [-0.2, -0.15) is 9.61 Å². The van der Waals surface area contributed by atoms with Gasteiger partial charge in [-0.1, -0.05) is 30.3 Å². The normalized spacial score (nSPS) is 11.2. The monoisotopic (exact) mass is 364 g/mol. The van der Waals surface area contributed by atoms with Gasteiger partial charge in [-0.15, -0.1) is 11.3 Å². The fourth-order valence-electron chi connectivity index (χ4n) is 2.87. The summed E-state index contributed by atoms with van der Waals surface area (Å²) in [5.41, 5.74) is 11.7. The lowest BCUT2D eigenvalue weighted by atomic mass is 10.1. The molecule has 4 rings (SSSR count). The van der Waals surface area contributed by atoms with E-state index < -0.39 is 0 Å². The average molecular weight is 364 g/mol. The Labute approximate surface area is 155 Å². The largest absolute Gasteiger partial charge is 0.375 e. The first-order valence-corrected chi connectivity index (χ1v) is 9.36. The minimum atomic E-state index is 0.607. The number of benzene rings is 1. The molecule has 0 spiro atoms. The zero-order valence-corrected chi connectivity index (χ0v) is 15.5. The van der Waals surface area contributed by atoms with Gasteiger partial charge in [0.15, 0.2) is 10.8 Å². The fourth-order valence-corrected chi connectivity index (χ4v) is 3.47. The van der Waals surface area contributed by atoms with E-state index in [4.69, 9.17) is 10.7 Å². The van der Waals surface area contributed by atoms with Crippen LogP contribution in [0.3, 0.4) is 0 Å². The van der Waals surface area contributed by atoms with E-state index in [1.807, 2.05) is 41.1 Å². The maximum absolute atomic E-state index is 5.70. The molecule has 0 radical (unpaired) electrons. The molecule has 3 aromatic heterocycles. The number of fused-ring (bicyclic) bond motifs is 1. The lowest BCUT2D eigenvalue weighted by Crippen LogP contribution is -2.10. The Hall–Kier alpha value is -2.93. The van der Waals surface area contributed by atoms with Gasteiger partial charge in [-0.05, 0) is 13.8 Å². The summed E-state index contributed by atoms with van der Waals surface area (Å²) in [5, 5.41) is 10.7. The molecule has 3 heterocycles. The van der Waals surface area contributed by atoms with E-state index in [2.05, 4.69) is 34.5 Å². The predicted molar refractivity (Wildman–Crippen MR) is 107 cm³/mol. The molecule has 0 fully saturated rings. The second-order valence-corrected chi connectivity index (χ2v) is 7.08. The van der Waals surface area contributed by atoms with Crippen molar-refractivity contribution in [3.05, 3.63) is 58.7 Å². The van der Waals surface area contributed by atoms with Gasteiger partial charge in [0.25, 0.3) is 0 Å². The first-order chi connectivity index (χ1) is 12.6. The maximum Gasteiger partial charge on any atom is 0.180 e. The predicted octanol–water partition coefficient (Wildman–Crippen LogP) is 3.71. The SMILES string of the molecule is Cc1nn2c(NCCc3csc(N)n3)cc(-c3ccccc3)nc2c1C. The molecule has 0 aliphatic heterocycles. The molecule has 132 valence electrons. The van der Waals surface area contributed by atoms with Gasteiger partial charge >= 0.3 is 0 Å². The van der Waals surface area contributed by atoms with Crippen LogP contribution in [0.2, 0.25) is 0 Å². The van der Waals surface area contributed by atoms with Crippen LogP contribution in [-0.2, 0) is 6.42 Å². The Morgan fingerprint density at radius 3 is 2.69 bits per heavy atom. The number of nitrogen functional groups attached to an aromatic ring is 1. The van der Waals surface area contributed by atoms with E-state index in [1.165, 1.54) is 11.3 Å². The van der Waals surface area contributed by atoms with E-state index >= 15 is 0 Å². The molecular weight excluding hydrogens is 344 g/mol. The number of nitrogens with zero attached hydrogens (tertiary/aromatic N) is 4. The van der Waals surface area contributed by atoms with E-state index in [-0.39, 0.29) is 0 Å². The molecule has 0 aliphatic carbocycles. The Balaban J connectivity index is 1.68. The van der Waals surface area contributed by atoms with Gasteiger partial charge in [0.05, 0.1) is 17.1 Å². The summed E-state index contributed by atoms with van der Waals surface area (Å²) in [7, 11) is 0. The van der Waals surface area contributed by atoms with Crippen LogP contribution in [0.5, 0.6) is 0 Å². The highest BCUT2D eigenvalue weighted by Crippen LogP contribution is 2.24. The van der Waals surface area contributed by atoms with E-state index in [0.29, 0.717) is 5.13 Å². The lowest BCUT2D eigenvalue weighted by molar-refractivity contribution is 0.893. The molecule has 0 bridgehead atoms. The topological polar surface area (TPSA) is 81.1 Å². The lowest BCUT2D eigenvalue weighted by Gasteiger charge is -2.10. The molecule has 4 aromatic rings. The molecule has 0 aliphatic rings. The Bertz CT molecular complexity index is 1050.